The molecule has 25 heavy (non-hydrogen) atoms. The van der Waals surface area contributed by atoms with Gasteiger partial charge in [-0.3, -0.25) is 4.79 Å². The van der Waals surface area contributed by atoms with E-state index in [0.29, 0.717) is 5.92 Å². The Kier molecular flexibility index (Phi) is 7.76. The predicted molar refractivity (Wildman–Crippen MR) is 109 cm³/mol. The van der Waals surface area contributed by atoms with Crippen molar-refractivity contribution in [2.24, 2.45) is 5.92 Å². The maximum atomic E-state index is 12.7. The van der Waals surface area contributed by atoms with Crippen LogP contribution in [-0.4, -0.2) is 37.0 Å². The van der Waals surface area contributed by atoms with Crippen LogP contribution >= 0.6 is 35.3 Å². The van der Waals surface area contributed by atoms with Crippen molar-refractivity contribution >= 4 is 41.3 Å². The molecule has 1 fully saturated rings. The van der Waals surface area contributed by atoms with Gasteiger partial charge in [0.05, 0.1) is 4.88 Å². The molecule has 3 rings (SSSR count). The van der Waals surface area contributed by atoms with Crippen LogP contribution in [0, 0.1) is 5.92 Å². The van der Waals surface area contributed by atoms with E-state index in [1.165, 1.54) is 0 Å². The molecule has 1 aliphatic rings. The minimum Gasteiger partial charge on any atom is -0.338 e. The standard InChI is InChI=1S/C19H23ClN2OS.ClH/c1-2-21-13-14-9-11-22(12-10-14)19(23)18-8-7-17(24-18)15-3-5-16(20)6-4-15;/h3-8,14,21H,2,9-13H2,1H3;1H. The van der Waals surface area contributed by atoms with Gasteiger partial charge in [0.2, 0.25) is 0 Å². The van der Waals surface area contributed by atoms with Gasteiger partial charge < -0.3 is 10.2 Å². The molecule has 0 radical (unpaired) electrons. The number of halogens is 2. The number of rotatable bonds is 5. The van der Waals surface area contributed by atoms with Crippen molar-refractivity contribution in [2.45, 2.75) is 19.8 Å². The number of piperidine rings is 1. The normalized spacial score (nSPS) is 15.0. The van der Waals surface area contributed by atoms with Crippen molar-refractivity contribution in [3.8, 4) is 10.4 Å². The average molecular weight is 399 g/mol. The van der Waals surface area contributed by atoms with E-state index in [-0.39, 0.29) is 18.3 Å². The molecule has 2 aromatic rings. The summed E-state index contributed by atoms with van der Waals surface area (Å²) in [5.41, 5.74) is 1.10. The van der Waals surface area contributed by atoms with Gasteiger partial charge in [0.1, 0.15) is 0 Å². The molecule has 136 valence electrons. The maximum Gasteiger partial charge on any atom is 0.263 e. The first-order valence-electron chi connectivity index (χ1n) is 8.53. The third-order valence-corrected chi connectivity index (χ3v) is 5.90. The van der Waals surface area contributed by atoms with Gasteiger partial charge in [-0.15, -0.1) is 23.7 Å². The van der Waals surface area contributed by atoms with Crippen LogP contribution in [0.2, 0.25) is 5.02 Å². The molecule has 0 saturated carbocycles. The zero-order chi connectivity index (χ0) is 16.9. The van der Waals surface area contributed by atoms with Crippen LogP contribution in [0.4, 0.5) is 0 Å². The van der Waals surface area contributed by atoms with Crippen LogP contribution in [0.15, 0.2) is 36.4 Å². The largest absolute Gasteiger partial charge is 0.338 e. The summed E-state index contributed by atoms with van der Waals surface area (Å²) in [5.74, 6) is 0.865. The van der Waals surface area contributed by atoms with Gasteiger partial charge in [-0.25, -0.2) is 0 Å². The van der Waals surface area contributed by atoms with Gasteiger partial charge in [-0.2, -0.15) is 0 Å². The van der Waals surface area contributed by atoms with E-state index < -0.39 is 0 Å². The lowest BCUT2D eigenvalue weighted by atomic mass is 9.96. The number of benzene rings is 1. The fourth-order valence-corrected chi connectivity index (χ4v) is 4.17. The number of carbonyl (C=O) groups excluding carboxylic acids is 1. The summed E-state index contributed by atoms with van der Waals surface area (Å²) in [4.78, 5) is 16.7. The van der Waals surface area contributed by atoms with Crippen molar-refractivity contribution < 1.29 is 4.79 Å². The van der Waals surface area contributed by atoms with Crippen LogP contribution in [0.25, 0.3) is 10.4 Å². The highest BCUT2D eigenvalue weighted by atomic mass is 35.5. The van der Waals surface area contributed by atoms with Crippen molar-refractivity contribution in [1.82, 2.24) is 10.2 Å². The molecule has 0 bridgehead atoms. The number of nitrogens with one attached hydrogen (secondary N) is 1. The number of nitrogens with zero attached hydrogens (tertiary/aromatic N) is 1. The number of hydrogen-bond acceptors (Lipinski definition) is 3. The molecule has 1 aromatic carbocycles. The van der Waals surface area contributed by atoms with Crippen LogP contribution in [-0.2, 0) is 0 Å². The summed E-state index contributed by atoms with van der Waals surface area (Å²) < 4.78 is 0. The smallest absolute Gasteiger partial charge is 0.263 e. The maximum absolute atomic E-state index is 12.7. The molecule has 1 aliphatic heterocycles. The fraction of sp³-hybridized carbons (Fsp3) is 0.421. The molecular formula is C19H24Cl2N2OS. The molecule has 1 N–H and O–H groups in total. The van der Waals surface area contributed by atoms with E-state index in [2.05, 4.69) is 12.2 Å². The van der Waals surface area contributed by atoms with Crippen molar-refractivity contribution in [3.63, 3.8) is 0 Å². The van der Waals surface area contributed by atoms with Crippen LogP contribution in [0.5, 0.6) is 0 Å². The molecular weight excluding hydrogens is 375 g/mol. The molecule has 0 spiro atoms. The van der Waals surface area contributed by atoms with Crippen molar-refractivity contribution in [2.75, 3.05) is 26.2 Å². The van der Waals surface area contributed by atoms with Crippen LogP contribution in [0.1, 0.15) is 29.4 Å². The molecule has 1 aromatic heterocycles. The first-order chi connectivity index (χ1) is 11.7. The van der Waals surface area contributed by atoms with Gasteiger partial charge in [-0.05, 0) is 61.7 Å². The summed E-state index contributed by atoms with van der Waals surface area (Å²) in [6, 6.07) is 11.7. The number of carbonyl (C=O) groups is 1. The summed E-state index contributed by atoms with van der Waals surface area (Å²) in [6.07, 6.45) is 2.18. The van der Waals surface area contributed by atoms with Gasteiger partial charge in [0, 0.05) is 23.0 Å². The zero-order valence-corrected chi connectivity index (χ0v) is 16.7. The van der Waals surface area contributed by atoms with Crippen molar-refractivity contribution in [3.05, 3.63) is 46.3 Å². The Morgan fingerprint density at radius 3 is 2.52 bits per heavy atom. The molecule has 2 heterocycles. The highest BCUT2D eigenvalue weighted by Gasteiger charge is 2.24. The minimum absolute atomic E-state index is 0. The van der Waals surface area contributed by atoms with E-state index in [9.17, 15) is 4.79 Å². The Morgan fingerprint density at radius 1 is 1.20 bits per heavy atom. The third kappa shape index (κ3) is 5.20. The SMILES string of the molecule is CCNCC1CCN(C(=O)c2ccc(-c3ccc(Cl)cc3)s2)CC1.Cl. The third-order valence-electron chi connectivity index (χ3n) is 4.53. The number of likely N-dealkylation sites (tertiary alicyclic amines) is 1. The summed E-state index contributed by atoms with van der Waals surface area (Å²) in [7, 11) is 0. The highest BCUT2D eigenvalue weighted by molar-refractivity contribution is 7.17. The first kappa shape index (κ1) is 20.2. The Morgan fingerprint density at radius 2 is 1.88 bits per heavy atom. The Labute approximate surface area is 164 Å². The van der Waals surface area contributed by atoms with E-state index >= 15 is 0 Å². The Hall–Kier alpha value is -1.07. The van der Waals surface area contributed by atoms with E-state index in [1.54, 1.807) is 11.3 Å². The second-order valence-electron chi connectivity index (χ2n) is 6.21. The second kappa shape index (κ2) is 9.58. The lowest BCUT2D eigenvalue weighted by molar-refractivity contribution is 0.0695. The second-order valence-corrected chi connectivity index (χ2v) is 7.73. The first-order valence-corrected chi connectivity index (χ1v) is 9.72. The number of thiophene rings is 1. The van der Waals surface area contributed by atoms with Gasteiger partial charge in [0.15, 0.2) is 0 Å². The molecule has 1 saturated heterocycles. The fourth-order valence-electron chi connectivity index (χ4n) is 3.07. The lowest BCUT2D eigenvalue weighted by Crippen LogP contribution is -2.40. The molecule has 3 nitrogen and oxygen atoms in total. The van der Waals surface area contributed by atoms with Crippen LogP contribution in [0.3, 0.4) is 0 Å². The molecule has 0 atom stereocenters. The van der Waals surface area contributed by atoms with Crippen molar-refractivity contribution in [1.29, 1.82) is 0 Å². The number of hydrogen-bond donors (Lipinski definition) is 1. The summed E-state index contributed by atoms with van der Waals surface area (Å²) >= 11 is 7.50. The highest BCUT2D eigenvalue weighted by Crippen LogP contribution is 2.30. The van der Waals surface area contributed by atoms with Gasteiger partial charge >= 0.3 is 0 Å². The molecule has 0 unspecified atom stereocenters. The number of amides is 1. The lowest BCUT2D eigenvalue weighted by Gasteiger charge is -2.31. The molecule has 0 aliphatic carbocycles. The van der Waals surface area contributed by atoms with Crippen LogP contribution < -0.4 is 5.32 Å². The summed E-state index contributed by atoms with van der Waals surface area (Å²) in [6.45, 7) is 5.94. The summed E-state index contributed by atoms with van der Waals surface area (Å²) in [5, 5.41) is 4.14. The molecule has 6 heteroatoms. The van der Waals surface area contributed by atoms with E-state index in [0.717, 1.165) is 59.4 Å². The van der Waals surface area contributed by atoms with Gasteiger partial charge in [0.25, 0.3) is 5.91 Å². The van der Waals surface area contributed by atoms with E-state index in [4.69, 9.17) is 11.6 Å². The Bertz CT molecular complexity index is 679. The Balaban J connectivity index is 0.00000225. The molecule has 1 amide bonds. The quantitative estimate of drug-likeness (QED) is 0.772. The monoisotopic (exact) mass is 398 g/mol. The topological polar surface area (TPSA) is 32.3 Å². The van der Waals surface area contributed by atoms with Gasteiger partial charge in [-0.1, -0.05) is 30.7 Å². The minimum atomic E-state index is 0. The average Bonchev–Trinajstić information content (AvgIpc) is 3.10. The predicted octanol–water partition coefficient (Wildman–Crippen LogP) is 4.95. The zero-order valence-electron chi connectivity index (χ0n) is 14.3. The van der Waals surface area contributed by atoms with E-state index in [1.807, 2.05) is 41.3 Å².